The largest absolute Gasteiger partial charge is 0.369 e. The molecule has 96 valence electrons. The summed E-state index contributed by atoms with van der Waals surface area (Å²) in [5.41, 5.74) is 8.68. The molecule has 0 spiro atoms. The lowest BCUT2D eigenvalue weighted by molar-refractivity contribution is 0.471. The van der Waals surface area contributed by atoms with Crippen molar-refractivity contribution >= 4 is 5.69 Å². The van der Waals surface area contributed by atoms with Crippen LogP contribution < -0.4 is 10.6 Å². The molecule has 2 heteroatoms. The summed E-state index contributed by atoms with van der Waals surface area (Å²) in [6, 6.07) is 8.79. The second-order valence-electron chi connectivity index (χ2n) is 5.33. The Hall–Kier alpha value is -1.02. The highest BCUT2D eigenvalue weighted by atomic mass is 15.2. The molecule has 0 bridgehead atoms. The Morgan fingerprint density at radius 3 is 2.12 bits per heavy atom. The van der Waals surface area contributed by atoms with E-state index in [9.17, 15) is 0 Å². The summed E-state index contributed by atoms with van der Waals surface area (Å²) in [5.74, 6) is 0. The minimum atomic E-state index is 0.161. The molecule has 0 unspecified atom stereocenters. The van der Waals surface area contributed by atoms with E-state index in [0.29, 0.717) is 0 Å². The monoisotopic (exact) mass is 234 g/mol. The maximum atomic E-state index is 6.02. The molecule has 0 amide bonds. The average molecular weight is 234 g/mol. The van der Waals surface area contributed by atoms with Gasteiger partial charge in [-0.25, -0.2) is 0 Å². The third-order valence-corrected chi connectivity index (χ3v) is 3.92. The summed E-state index contributed by atoms with van der Waals surface area (Å²) in [6.07, 6.45) is 2.11. The Balaban J connectivity index is 2.88. The molecule has 0 aliphatic rings. The van der Waals surface area contributed by atoms with Gasteiger partial charge in [-0.3, -0.25) is 0 Å². The normalized spacial score (nSPS) is 13.5. The smallest absolute Gasteiger partial charge is 0.0368 e. The second-order valence-corrected chi connectivity index (χ2v) is 5.33. The van der Waals surface area contributed by atoms with Crippen LogP contribution >= 0.6 is 0 Å². The zero-order valence-corrected chi connectivity index (χ0v) is 11.8. The first-order chi connectivity index (χ1) is 7.92. The van der Waals surface area contributed by atoms with Gasteiger partial charge in [0, 0.05) is 24.3 Å². The fraction of sp³-hybridized carbons (Fsp3) is 0.600. The topological polar surface area (TPSA) is 29.3 Å². The number of hydrogen-bond acceptors (Lipinski definition) is 2. The number of nitrogens with two attached hydrogens (primary N) is 1. The van der Waals surface area contributed by atoms with Gasteiger partial charge in [0.1, 0.15) is 0 Å². The van der Waals surface area contributed by atoms with Gasteiger partial charge in [-0.2, -0.15) is 0 Å². The molecule has 17 heavy (non-hydrogen) atoms. The van der Waals surface area contributed by atoms with Crippen LogP contribution in [0.1, 0.15) is 52.1 Å². The summed E-state index contributed by atoms with van der Waals surface area (Å²) in [5, 5.41) is 0. The van der Waals surface area contributed by atoms with Crippen LogP contribution in [0.4, 0.5) is 5.69 Å². The van der Waals surface area contributed by atoms with E-state index in [2.05, 4.69) is 63.9 Å². The highest BCUT2D eigenvalue weighted by Crippen LogP contribution is 2.26. The van der Waals surface area contributed by atoms with Gasteiger partial charge in [0.25, 0.3) is 0 Å². The lowest BCUT2D eigenvalue weighted by Crippen LogP contribution is -2.40. The van der Waals surface area contributed by atoms with Crippen LogP contribution in [-0.2, 0) is 0 Å². The summed E-state index contributed by atoms with van der Waals surface area (Å²) < 4.78 is 0. The lowest BCUT2D eigenvalue weighted by atomic mass is 9.98. The quantitative estimate of drug-likeness (QED) is 0.841. The maximum Gasteiger partial charge on any atom is 0.0368 e. The molecule has 0 aliphatic heterocycles. The highest BCUT2D eigenvalue weighted by molar-refractivity contribution is 5.49. The van der Waals surface area contributed by atoms with Crippen LogP contribution in [-0.4, -0.2) is 12.6 Å². The van der Waals surface area contributed by atoms with Gasteiger partial charge in [-0.05, 0) is 44.4 Å². The average Bonchev–Trinajstić information content (AvgIpc) is 2.37. The molecule has 1 rings (SSSR count). The van der Waals surface area contributed by atoms with Crippen molar-refractivity contribution in [3.63, 3.8) is 0 Å². The molecule has 0 radical (unpaired) electrons. The molecule has 2 N–H and O–H groups in total. The first-order valence-corrected chi connectivity index (χ1v) is 6.51. The number of rotatable bonds is 5. The van der Waals surface area contributed by atoms with Crippen molar-refractivity contribution < 1.29 is 0 Å². The van der Waals surface area contributed by atoms with Crippen molar-refractivity contribution in [2.75, 3.05) is 11.9 Å². The molecule has 0 saturated carbocycles. The van der Waals surface area contributed by atoms with Gasteiger partial charge in [0.15, 0.2) is 0 Å². The predicted octanol–water partition coefficient (Wildman–Crippen LogP) is 3.72. The van der Waals surface area contributed by atoms with E-state index in [4.69, 9.17) is 5.73 Å². The zero-order valence-electron chi connectivity index (χ0n) is 11.8. The number of hydrogen-bond donors (Lipinski definition) is 1. The SMILES string of the molecule is CC[C@H](N)c1ccc(N(C)C(C)(C)CC)cc1. The van der Waals surface area contributed by atoms with E-state index in [-0.39, 0.29) is 11.6 Å². The summed E-state index contributed by atoms with van der Waals surface area (Å²) >= 11 is 0. The minimum absolute atomic E-state index is 0.161. The Morgan fingerprint density at radius 1 is 1.18 bits per heavy atom. The van der Waals surface area contributed by atoms with Crippen molar-refractivity contribution in [2.45, 2.75) is 52.1 Å². The third kappa shape index (κ3) is 3.22. The Labute approximate surface area is 106 Å². The molecular formula is C15H26N2. The first kappa shape index (κ1) is 14.0. The molecule has 1 atom stereocenters. The molecule has 1 aromatic carbocycles. The molecule has 1 aromatic rings. The van der Waals surface area contributed by atoms with Gasteiger partial charge in [-0.15, -0.1) is 0 Å². The Bertz CT molecular complexity index is 340. The van der Waals surface area contributed by atoms with Crippen LogP contribution in [0.5, 0.6) is 0 Å². The van der Waals surface area contributed by atoms with Crippen LogP contribution in [0, 0.1) is 0 Å². The maximum absolute atomic E-state index is 6.02. The summed E-state index contributed by atoms with van der Waals surface area (Å²) in [7, 11) is 2.15. The number of nitrogens with zero attached hydrogens (tertiary/aromatic N) is 1. The third-order valence-electron chi connectivity index (χ3n) is 3.92. The molecule has 0 saturated heterocycles. The predicted molar refractivity (Wildman–Crippen MR) is 76.4 cm³/mol. The fourth-order valence-corrected chi connectivity index (χ4v) is 1.77. The Morgan fingerprint density at radius 2 is 1.71 bits per heavy atom. The van der Waals surface area contributed by atoms with Crippen molar-refractivity contribution in [2.24, 2.45) is 5.73 Å². The van der Waals surface area contributed by atoms with E-state index < -0.39 is 0 Å². The van der Waals surface area contributed by atoms with Crippen LogP contribution in [0.3, 0.4) is 0 Å². The van der Waals surface area contributed by atoms with E-state index in [1.54, 1.807) is 0 Å². The van der Waals surface area contributed by atoms with Gasteiger partial charge < -0.3 is 10.6 Å². The fourth-order valence-electron chi connectivity index (χ4n) is 1.77. The second kappa shape index (κ2) is 5.54. The molecule has 0 heterocycles. The van der Waals surface area contributed by atoms with Gasteiger partial charge in [0.2, 0.25) is 0 Å². The summed E-state index contributed by atoms with van der Waals surface area (Å²) in [4.78, 5) is 2.33. The van der Waals surface area contributed by atoms with Crippen LogP contribution in [0.15, 0.2) is 24.3 Å². The Kier molecular flexibility index (Phi) is 4.58. The minimum Gasteiger partial charge on any atom is -0.369 e. The molecular weight excluding hydrogens is 208 g/mol. The van der Waals surface area contributed by atoms with E-state index in [1.807, 2.05) is 0 Å². The number of benzene rings is 1. The van der Waals surface area contributed by atoms with Crippen molar-refractivity contribution in [3.05, 3.63) is 29.8 Å². The van der Waals surface area contributed by atoms with Gasteiger partial charge in [0.05, 0.1) is 0 Å². The number of anilines is 1. The van der Waals surface area contributed by atoms with E-state index in [0.717, 1.165) is 12.8 Å². The molecule has 0 aromatic heterocycles. The van der Waals surface area contributed by atoms with Crippen molar-refractivity contribution in [1.29, 1.82) is 0 Å². The van der Waals surface area contributed by atoms with Crippen LogP contribution in [0.25, 0.3) is 0 Å². The summed E-state index contributed by atoms with van der Waals surface area (Å²) in [6.45, 7) is 8.86. The molecule has 0 fully saturated rings. The van der Waals surface area contributed by atoms with E-state index >= 15 is 0 Å². The van der Waals surface area contributed by atoms with Gasteiger partial charge in [-0.1, -0.05) is 26.0 Å². The van der Waals surface area contributed by atoms with Gasteiger partial charge >= 0.3 is 0 Å². The zero-order chi connectivity index (χ0) is 13.1. The molecule has 2 nitrogen and oxygen atoms in total. The first-order valence-electron chi connectivity index (χ1n) is 6.51. The lowest BCUT2D eigenvalue weighted by Gasteiger charge is -2.37. The van der Waals surface area contributed by atoms with Crippen LogP contribution in [0.2, 0.25) is 0 Å². The molecule has 0 aliphatic carbocycles. The standard InChI is InChI=1S/C15H26N2/c1-6-14(16)12-8-10-13(11-9-12)17(5)15(3,4)7-2/h8-11,14H,6-7,16H2,1-5H3/t14-/m0/s1. The van der Waals surface area contributed by atoms with E-state index in [1.165, 1.54) is 11.3 Å². The van der Waals surface area contributed by atoms with Crippen molar-refractivity contribution in [3.8, 4) is 0 Å². The highest BCUT2D eigenvalue weighted by Gasteiger charge is 2.21. The van der Waals surface area contributed by atoms with Crippen molar-refractivity contribution in [1.82, 2.24) is 0 Å².